The van der Waals surface area contributed by atoms with Crippen molar-refractivity contribution in [2.24, 2.45) is 5.92 Å². The number of piperidine rings is 1. The van der Waals surface area contributed by atoms with Crippen molar-refractivity contribution in [1.29, 1.82) is 0 Å². The molecule has 1 rings (SSSR count). The van der Waals surface area contributed by atoms with Crippen LogP contribution in [0.4, 0.5) is 4.79 Å². The van der Waals surface area contributed by atoms with E-state index in [1.54, 1.807) is 4.72 Å². The molecule has 2 unspecified atom stereocenters. The highest BCUT2D eigenvalue weighted by molar-refractivity contribution is 7.87. The molecule has 0 bridgehead atoms. The Morgan fingerprint density at radius 1 is 1.44 bits per heavy atom. The van der Waals surface area contributed by atoms with Gasteiger partial charge in [0.25, 0.3) is 0 Å². The normalized spacial score (nSPS) is 25.4. The number of nitrogens with zero attached hydrogens (tertiary/aromatic N) is 1. The molecule has 2 atom stereocenters. The molecule has 0 radical (unpaired) electrons. The molecular formula is C9H16N2O6S. The van der Waals surface area contributed by atoms with Crippen molar-refractivity contribution >= 4 is 22.3 Å². The highest BCUT2D eigenvalue weighted by Crippen LogP contribution is 2.24. The van der Waals surface area contributed by atoms with Crippen molar-refractivity contribution in [2.45, 2.75) is 25.8 Å². The summed E-state index contributed by atoms with van der Waals surface area (Å²) in [6.07, 6.45) is -0.374. The number of carboxylic acids is 1. The third-order valence-corrected chi connectivity index (χ3v) is 4.29. The van der Waals surface area contributed by atoms with E-state index in [0.717, 1.165) is 11.4 Å². The second-order valence-electron chi connectivity index (χ2n) is 4.19. The SMILES string of the molecule is COC(=O)NS(=O)(=O)N1CCC(C)CC1C(=O)O. The summed E-state index contributed by atoms with van der Waals surface area (Å²) in [7, 11) is -3.16. The molecule has 9 heteroatoms. The van der Waals surface area contributed by atoms with Crippen molar-refractivity contribution in [2.75, 3.05) is 13.7 Å². The van der Waals surface area contributed by atoms with Crippen LogP contribution in [0.2, 0.25) is 0 Å². The summed E-state index contributed by atoms with van der Waals surface area (Å²) in [6.45, 7) is 1.91. The second-order valence-corrected chi connectivity index (χ2v) is 5.82. The Labute approximate surface area is 105 Å². The minimum atomic E-state index is -4.18. The first-order chi connectivity index (χ1) is 8.27. The molecule has 104 valence electrons. The summed E-state index contributed by atoms with van der Waals surface area (Å²) in [4.78, 5) is 22.0. The average Bonchev–Trinajstić information content (AvgIpc) is 2.27. The first-order valence-electron chi connectivity index (χ1n) is 5.38. The van der Waals surface area contributed by atoms with Crippen LogP contribution in [-0.2, 0) is 19.7 Å². The lowest BCUT2D eigenvalue weighted by Crippen LogP contribution is -2.54. The predicted molar refractivity (Wildman–Crippen MR) is 61.0 cm³/mol. The minimum absolute atomic E-state index is 0.0600. The van der Waals surface area contributed by atoms with Crippen LogP contribution in [0, 0.1) is 5.92 Å². The highest BCUT2D eigenvalue weighted by Gasteiger charge is 2.39. The van der Waals surface area contributed by atoms with Gasteiger partial charge in [-0.3, -0.25) is 4.79 Å². The van der Waals surface area contributed by atoms with Gasteiger partial charge in [0.2, 0.25) is 0 Å². The van der Waals surface area contributed by atoms with Gasteiger partial charge in [-0.25, -0.2) is 9.52 Å². The van der Waals surface area contributed by atoms with Crippen LogP contribution in [-0.4, -0.2) is 49.6 Å². The van der Waals surface area contributed by atoms with E-state index in [9.17, 15) is 18.0 Å². The van der Waals surface area contributed by atoms with Crippen molar-refractivity contribution < 1.29 is 27.9 Å². The van der Waals surface area contributed by atoms with Gasteiger partial charge in [0, 0.05) is 6.54 Å². The molecule has 0 aromatic heterocycles. The van der Waals surface area contributed by atoms with E-state index in [1.807, 2.05) is 6.92 Å². The molecule has 0 saturated carbocycles. The topological polar surface area (TPSA) is 113 Å². The minimum Gasteiger partial charge on any atom is -0.480 e. The Morgan fingerprint density at radius 3 is 2.56 bits per heavy atom. The molecule has 8 nitrogen and oxygen atoms in total. The summed E-state index contributed by atoms with van der Waals surface area (Å²) >= 11 is 0. The molecule has 2 N–H and O–H groups in total. The highest BCUT2D eigenvalue weighted by atomic mass is 32.2. The van der Waals surface area contributed by atoms with Crippen LogP contribution in [0.3, 0.4) is 0 Å². The first-order valence-corrected chi connectivity index (χ1v) is 6.82. The monoisotopic (exact) mass is 280 g/mol. The summed E-state index contributed by atoms with van der Waals surface area (Å²) in [6, 6.07) is -1.16. The summed E-state index contributed by atoms with van der Waals surface area (Å²) in [5.41, 5.74) is 0. The number of nitrogens with one attached hydrogen (secondary N) is 1. The molecule has 1 heterocycles. The zero-order chi connectivity index (χ0) is 13.9. The molecule has 0 aromatic rings. The third kappa shape index (κ3) is 3.33. The molecule has 1 fully saturated rings. The van der Waals surface area contributed by atoms with Crippen molar-refractivity contribution in [1.82, 2.24) is 9.03 Å². The molecule has 1 amide bonds. The number of aliphatic carboxylic acids is 1. The summed E-state index contributed by atoms with van der Waals surface area (Å²) < 4.78 is 30.3. The van der Waals surface area contributed by atoms with E-state index < -0.39 is 28.3 Å². The summed E-state index contributed by atoms with van der Waals surface area (Å²) in [5.74, 6) is -1.10. The molecule has 18 heavy (non-hydrogen) atoms. The lowest BCUT2D eigenvalue weighted by molar-refractivity contribution is -0.143. The molecule has 1 aliphatic rings. The Kier molecular flexibility index (Phi) is 4.52. The van der Waals surface area contributed by atoms with E-state index >= 15 is 0 Å². The van der Waals surface area contributed by atoms with Gasteiger partial charge in [-0.15, -0.1) is 0 Å². The average molecular weight is 280 g/mol. The Balaban J connectivity index is 2.91. The number of carboxylic acid groups (broad SMARTS) is 1. The number of carbonyl (C=O) groups is 2. The Morgan fingerprint density at radius 2 is 2.06 bits per heavy atom. The van der Waals surface area contributed by atoms with Crippen LogP contribution in [0.5, 0.6) is 0 Å². The van der Waals surface area contributed by atoms with Crippen LogP contribution in [0.25, 0.3) is 0 Å². The molecule has 1 aliphatic heterocycles. The van der Waals surface area contributed by atoms with Gasteiger partial charge >= 0.3 is 22.3 Å². The van der Waals surface area contributed by atoms with Crippen molar-refractivity contribution in [3.05, 3.63) is 0 Å². The first kappa shape index (κ1) is 14.7. The fourth-order valence-electron chi connectivity index (χ4n) is 1.84. The van der Waals surface area contributed by atoms with Gasteiger partial charge in [-0.1, -0.05) is 6.92 Å². The Hall–Kier alpha value is -1.35. The van der Waals surface area contributed by atoms with Crippen LogP contribution in [0.15, 0.2) is 0 Å². The second kappa shape index (κ2) is 5.53. The number of ether oxygens (including phenoxy) is 1. The van der Waals surface area contributed by atoms with Gasteiger partial charge in [0.1, 0.15) is 6.04 Å². The fourth-order valence-corrected chi connectivity index (χ4v) is 3.11. The number of hydrogen-bond acceptors (Lipinski definition) is 5. The maximum absolute atomic E-state index is 11.8. The number of hydrogen-bond donors (Lipinski definition) is 2. The van der Waals surface area contributed by atoms with Gasteiger partial charge in [-0.2, -0.15) is 12.7 Å². The summed E-state index contributed by atoms with van der Waals surface area (Å²) in [5, 5.41) is 9.03. The molecule has 1 saturated heterocycles. The lowest BCUT2D eigenvalue weighted by Gasteiger charge is -2.34. The van der Waals surface area contributed by atoms with Crippen molar-refractivity contribution in [3.8, 4) is 0 Å². The van der Waals surface area contributed by atoms with Gasteiger partial charge in [0.05, 0.1) is 7.11 Å². The maximum atomic E-state index is 11.8. The fraction of sp³-hybridized carbons (Fsp3) is 0.778. The number of amides is 1. The van der Waals surface area contributed by atoms with Crippen LogP contribution < -0.4 is 4.72 Å². The Bertz CT molecular complexity index is 434. The van der Waals surface area contributed by atoms with Crippen LogP contribution in [0.1, 0.15) is 19.8 Å². The van der Waals surface area contributed by atoms with Crippen molar-refractivity contribution in [3.63, 3.8) is 0 Å². The smallest absolute Gasteiger partial charge is 0.421 e. The number of rotatable bonds is 3. The standard InChI is InChI=1S/C9H16N2O6S/c1-6-3-4-11(7(5-6)8(12)13)18(15,16)10-9(14)17-2/h6-7H,3-5H2,1-2H3,(H,10,14)(H,12,13). The van der Waals surface area contributed by atoms with E-state index in [2.05, 4.69) is 4.74 Å². The molecular weight excluding hydrogens is 264 g/mol. The lowest BCUT2D eigenvalue weighted by atomic mass is 9.94. The van der Waals surface area contributed by atoms with Gasteiger partial charge in [0.15, 0.2) is 0 Å². The zero-order valence-corrected chi connectivity index (χ0v) is 10.9. The van der Waals surface area contributed by atoms with Gasteiger partial charge < -0.3 is 9.84 Å². The zero-order valence-electron chi connectivity index (χ0n) is 10.1. The van der Waals surface area contributed by atoms with Crippen LogP contribution >= 0.6 is 0 Å². The predicted octanol–water partition coefficient (Wildman–Crippen LogP) is -0.228. The van der Waals surface area contributed by atoms with E-state index in [4.69, 9.17) is 5.11 Å². The molecule has 0 aromatic carbocycles. The molecule has 0 aliphatic carbocycles. The molecule has 0 spiro atoms. The quantitative estimate of drug-likeness (QED) is 0.738. The number of methoxy groups -OCH3 is 1. The van der Waals surface area contributed by atoms with Gasteiger partial charge in [-0.05, 0) is 18.8 Å². The van der Waals surface area contributed by atoms with E-state index in [1.165, 1.54) is 0 Å². The van der Waals surface area contributed by atoms with E-state index in [0.29, 0.717) is 6.42 Å². The number of carbonyl (C=O) groups excluding carboxylic acids is 1. The third-order valence-electron chi connectivity index (χ3n) is 2.81. The largest absolute Gasteiger partial charge is 0.480 e. The van der Waals surface area contributed by atoms with E-state index in [-0.39, 0.29) is 18.9 Å². The maximum Gasteiger partial charge on any atom is 0.421 e.